The molecule has 0 spiro atoms. The van der Waals surface area contributed by atoms with Crippen LogP contribution in [-0.2, 0) is 0 Å². The van der Waals surface area contributed by atoms with Gasteiger partial charge in [-0.3, -0.25) is 0 Å². The molecule has 0 N–H and O–H groups in total. The number of allylic oxidation sites excluding steroid dienone is 12. The van der Waals surface area contributed by atoms with Crippen molar-refractivity contribution in [3.8, 4) is 0 Å². The summed E-state index contributed by atoms with van der Waals surface area (Å²) in [4.78, 5) is 0. The van der Waals surface area contributed by atoms with Gasteiger partial charge < -0.3 is 0 Å². The third kappa shape index (κ3) is 32.2. The van der Waals surface area contributed by atoms with Crippen molar-refractivity contribution in [1.29, 1.82) is 0 Å². The molecule has 0 fully saturated rings. The van der Waals surface area contributed by atoms with Gasteiger partial charge in [-0.05, 0) is 154 Å². The normalized spacial score (nSPS) is 20.3. The SMILES string of the molecule is C1=CCCCC1.C1=CCCCC1.C1=CCCCC1.C1=CCCCC1.C1=CCCCC1.C1=CCCCC1.C=C. The molecule has 6 aliphatic carbocycles. The standard InChI is InChI=1S/6C6H10.C2H4/c6*1-2-4-6-5-3-1;1-2/h6*1-2H,3-6H2;1-2H2. The first kappa shape index (κ1) is 36.2. The van der Waals surface area contributed by atoms with Gasteiger partial charge in [-0.2, -0.15) is 0 Å². The van der Waals surface area contributed by atoms with E-state index in [1.54, 1.807) is 0 Å². The molecule has 0 aliphatic heterocycles. The molecule has 0 nitrogen and oxygen atoms in total. The summed E-state index contributed by atoms with van der Waals surface area (Å²) < 4.78 is 0. The molecular weight excluding hydrogens is 456 g/mol. The molecule has 6 aliphatic rings. The van der Waals surface area contributed by atoms with Crippen molar-refractivity contribution in [3.63, 3.8) is 0 Å². The third-order valence-electron chi connectivity index (χ3n) is 6.95. The Balaban J connectivity index is 0.000000427. The summed E-state index contributed by atoms with van der Waals surface area (Å²) in [5.74, 6) is 0. The Hall–Kier alpha value is -1.82. The van der Waals surface area contributed by atoms with Crippen LogP contribution in [0.4, 0.5) is 0 Å². The van der Waals surface area contributed by atoms with Crippen LogP contribution in [0.15, 0.2) is 86.1 Å². The Kier molecular flexibility index (Phi) is 33.5. The summed E-state index contributed by atoms with van der Waals surface area (Å²) in [7, 11) is 0. The monoisotopic (exact) mass is 521 g/mol. The lowest BCUT2D eigenvalue weighted by atomic mass is 10.1. The van der Waals surface area contributed by atoms with E-state index in [2.05, 4.69) is 86.1 Å². The molecule has 0 saturated carbocycles. The Morgan fingerprint density at radius 2 is 0.263 bits per heavy atom. The smallest absolute Gasteiger partial charge is 0.0351 e. The van der Waals surface area contributed by atoms with E-state index in [4.69, 9.17) is 0 Å². The van der Waals surface area contributed by atoms with Crippen LogP contribution in [0.3, 0.4) is 0 Å². The molecule has 216 valence electrons. The maximum absolute atomic E-state index is 3.00. The zero-order valence-electron chi connectivity index (χ0n) is 25.3. The minimum absolute atomic E-state index is 1.32. The van der Waals surface area contributed by atoms with Crippen molar-refractivity contribution in [2.24, 2.45) is 0 Å². The fourth-order valence-electron chi connectivity index (χ4n) is 4.56. The van der Waals surface area contributed by atoms with Crippen LogP contribution < -0.4 is 0 Å². The largest absolute Gasteiger partial charge is 0.106 e. The predicted octanol–water partition coefficient (Wildman–Crippen LogP) is 13.5. The topological polar surface area (TPSA) is 0 Å². The Morgan fingerprint density at radius 3 is 0.289 bits per heavy atom. The highest BCUT2D eigenvalue weighted by molar-refractivity contribution is 4.88. The molecule has 0 heteroatoms. The Labute approximate surface area is 239 Å². The van der Waals surface area contributed by atoms with Gasteiger partial charge in [-0.25, -0.2) is 0 Å². The first-order valence-electron chi connectivity index (χ1n) is 16.4. The summed E-state index contributed by atoms with van der Waals surface area (Å²) in [6.07, 6.45) is 60.0. The van der Waals surface area contributed by atoms with Crippen molar-refractivity contribution >= 4 is 0 Å². The zero-order valence-corrected chi connectivity index (χ0v) is 25.3. The first-order valence-corrected chi connectivity index (χ1v) is 16.4. The Bertz CT molecular complexity index is 424. The second kappa shape index (κ2) is 35.2. The molecule has 0 aromatic carbocycles. The van der Waals surface area contributed by atoms with Gasteiger partial charge in [0.1, 0.15) is 0 Å². The van der Waals surface area contributed by atoms with Gasteiger partial charge in [0.2, 0.25) is 0 Å². The first-order chi connectivity index (χ1) is 19.0. The minimum atomic E-state index is 1.32. The third-order valence-corrected chi connectivity index (χ3v) is 6.95. The predicted molar refractivity (Wildman–Crippen MR) is 177 cm³/mol. The lowest BCUT2D eigenvalue weighted by molar-refractivity contribution is 0.730. The van der Waals surface area contributed by atoms with Crippen molar-refractivity contribution < 1.29 is 0 Å². The van der Waals surface area contributed by atoms with Crippen molar-refractivity contribution in [2.75, 3.05) is 0 Å². The lowest BCUT2D eigenvalue weighted by Gasteiger charge is -1.97. The van der Waals surface area contributed by atoms with Crippen LogP contribution >= 0.6 is 0 Å². The highest BCUT2D eigenvalue weighted by Gasteiger charge is 1.90. The summed E-state index contributed by atoms with van der Waals surface area (Å²) in [5.41, 5.74) is 0. The van der Waals surface area contributed by atoms with Gasteiger partial charge in [0.15, 0.2) is 0 Å². The Morgan fingerprint density at radius 1 is 0.184 bits per heavy atom. The molecule has 0 saturated heterocycles. The molecule has 0 heterocycles. The van der Waals surface area contributed by atoms with Crippen LogP contribution in [0.1, 0.15) is 154 Å². The average molecular weight is 521 g/mol. The van der Waals surface area contributed by atoms with Crippen molar-refractivity contribution in [2.45, 2.75) is 154 Å². The van der Waals surface area contributed by atoms with Gasteiger partial charge in [0.25, 0.3) is 0 Å². The van der Waals surface area contributed by atoms with Crippen molar-refractivity contribution in [3.05, 3.63) is 86.1 Å². The van der Waals surface area contributed by atoms with Gasteiger partial charge >= 0.3 is 0 Å². The van der Waals surface area contributed by atoms with E-state index in [9.17, 15) is 0 Å². The van der Waals surface area contributed by atoms with Crippen LogP contribution in [0.25, 0.3) is 0 Å². The van der Waals surface area contributed by atoms with E-state index in [1.165, 1.54) is 154 Å². The van der Waals surface area contributed by atoms with Gasteiger partial charge in [0.05, 0.1) is 0 Å². The van der Waals surface area contributed by atoms with E-state index >= 15 is 0 Å². The van der Waals surface area contributed by atoms with Crippen molar-refractivity contribution in [1.82, 2.24) is 0 Å². The highest BCUT2D eigenvalue weighted by Crippen LogP contribution is 2.10. The quantitative estimate of drug-likeness (QED) is 0.279. The molecule has 0 atom stereocenters. The maximum atomic E-state index is 3.00. The molecule has 0 aromatic heterocycles. The summed E-state index contributed by atoms with van der Waals surface area (Å²) in [6, 6.07) is 0. The molecule has 0 radical (unpaired) electrons. The van der Waals surface area contributed by atoms with E-state index in [-0.39, 0.29) is 0 Å². The molecule has 0 amide bonds. The fraction of sp³-hybridized carbons (Fsp3) is 0.632. The summed E-state index contributed by atoms with van der Waals surface area (Å²) in [5, 5.41) is 0. The zero-order chi connectivity index (χ0) is 27.5. The molecular formula is C38H64. The maximum Gasteiger partial charge on any atom is -0.0351 e. The minimum Gasteiger partial charge on any atom is -0.106 e. The van der Waals surface area contributed by atoms with Crippen LogP contribution in [0.5, 0.6) is 0 Å². The van der Waals surface area contributed by atoms with E-state index in [1.807, 2.05) is 0 Å². The second-order valence-corrected chi connectivity index (χ2v) is 10.5. The highest BCUT2D eigenvalue weighted by atomic mass is 14.0. The van der Waals surface area contributed by atoms with E-state index in [0.717, 1.165) is 0 Å². The number of rotatable bonds is 0. The molecule has 6 rings (SSSR count). The van der Waals surface area contributed by atoms with E-state index < -0.39 is 0 Å². The summed E-state index contributed by atoms with van der Waals surface area (Å²) >= 11 is 0. The molecule has 0 unspecified atom stereocenters. The second-order valence-electron chi connectivity index (χ2n) is 10.5. The van der Waals surface area contributed by atoms with Gasteiger partial charge in [0, 0.05) is 0 Å². The summed E-state index contributed by atoms with van der Waals surface area (Å²) in [6.45, 7) is 6.00. The van der Waals surface area contributed by atoms with Gasteiger partial charge in [-0.15, -0.1) is 13.2 Å². The van der Waals surface area contributed by atoms with Crippen LogP contribution in [-0.4, -0.2) is 0 Å². The van der Waals surface area contributed by atoms with E-state index in [0.29, 0.717) is 0 Å². The average Bonchev–Trinajstić information content (AvgIpc) is 3.08. The number of hydrogen-bond donors (Lipinski definition) is 0. The molecule has 0 bridgehead atoms. The molecule has 0 aromatic rings. The van der Waals surface area contributed by atoms with Gasteiger partial charge in [-0.1, -0.05) is 72.9 Å². The molecule has 38 heavy (non-hydrogen) atoms. The number of hydrogen-bond acceptors (Lipinski definition) is 0. The fourth-order valence-corrected chi connectivity index (χ4v) is 4.56. The van der Waals surface area contributed by atoms with Crippen LogP contribution in [0, 0.1) is 0 Å². The lowest BCUT2D eigenvalue weighted by Crippen LogP contribution is -1.77. The van der Waals surface area contributed by atoms with Crippen LogP contribution in [0.2, 0.25) is 0 Å².